The molecule has 2 aromatic rings. The Labute approximate surface area is 80.4 Å². The van der Waals surface area contributed by atoms with Gasteiger partial charge < -0.3 is 10.1 Å². The van der Waals surface area contributed by atoms with Crippen LogP contribution < -0.4 is 5.69 Å². The van der Waals surface area contributed by atoms with Crippen LogP contribution >= 0.6 is 0 Å². The molecule has 4 heteroatoms. The highest BCUT2D eigenvalue weighted by atomic mass is 16.3. The molecule has 2 N–H and O–H groups in total. The van der Waals surface area contributed by atoms with Crippen molar-refractivity contribution in [3.05, 3.63) is 46.6 Å². The number of aryl methyl sites for hydroxylation is 1. The van der Waals surface area contributed by atoms with Crippen molar-refractivity contribution in [2.24, 2.45) is 0 Å². The van der Waals surface area contributed by atoms with Crippen molar-refractivity contribution in [2.75, 3.05) is 0 Å². The summed E-state index contributed by atoms with van der Waals surface area (Å²) in [6.45, 7) is 1.80. The third kappa shape index (κ3) is 1.21. The average Bonchev–Trinajstić information content (AvgIpc) is 2.48. The largest absolute Gasteiger partial charge is 0.506 e. The van der Waals surface area contributed by atoms with Crippen LogP contribution in [0.5, 0.6) is 5.75 Å². The normalized spacial score (nSPS) is 10.4. The van der Waals surface area contributed by atoms with Crippen LogP contribution in [0, 0.1) is 6.92 Å². The van der Waals surface area contributed by atoms with Crippen LogP contribution in [0.2, 0.25) is 0 Å². The van der Waals surface area contributed by atoms with Crippen LogP contribution in [-0.2, 0) is 0 Å². The number of hydrogen-bond donors (Lipinski definition) is 2. The molecule has 0 radical (unpaired) electrons. The lowest BCUT2D eigenvalue weighted by Gasteiger charge is -2.05. The standard InChI is InChI=1S/C10H10N2O2/c1-7-6-11-10(14)12(7)8-4-2-3-5-9(8)13/h2-6,13H,1H3,(H,11,14). The molecule has 0 saturated heterocycles. The van der Waals surface area contributed by atoms with E-state index in [1.807, 2.05) is 0 Å². The van der Waals surface area contributed by atoms with Gasteiger partial charge in [0.05, 0.1) is 5.69 Å². The summed E-state index contributed by atoms with van der Waals surface area (Å²) in [4.78, 5) is 13.9. The fraction of sp³-hybridized carbons (Fsp3) is 0.100. The molecule has 4 nitrogen and oxygen atoms in total. The topological polar surface area (TPSA) is 58.0 Å². The predicted molar refractivity (Wildman–Crippen MR) is 52.8 cm³/mol. The van der Waals surface area contributed by atoms with E-state index in [4.69, 9.17) is 0 Å². The lowest BCUT2D eigenvalue weighted by molar-refractivity contribution is 0.471. The minimum Gasteiger partial charge on any atom is -0.506 e. The summed E-state index contributed by atoms with van der Waals surface area (Å²) >= 11 is 0. The van der Waals surface area contributed by atoms with Crippen molar-refractivity contribution in [1.82, 2.24) is 9.55 Å². The molecule has 0 bridgehead atoms. The highest BCUT2D eigenvalue weighted by Gasteiger charge is 2.07. The third-order valence-electron chi connectivity index (χ3n) is 2.08. The highest BCUT2D eigenvalue weighted by molar-refractivity contribution is 5.46. The molecule has 0 spiro atoms. The molecule has 0 aliphatic carbocycles. The average molecular weight is 190 g/mol. The molecule has 1 heterocycles. The van der Waals surface area contributed by atoms with E-state index in [1.54, 1.807) is 37.4 Å². The zero-order valence-electron chi connectivity index (χ0n) is 7.69. The summed E-state index contributed by atoms with van der Waals surface area (Å²) < 4.78 is 1.43. The second-order valence-corrected chi connectivity index (χ2v) is 3.06. The number of phenols is 1. The molecule has 0 unspecified atom stereocenters. The zero-order valence-corrected chi connectivity index (χ0v) is 7.69. The summed E-state index contributed by atoms with van der Waals surface area (Å²) in [7, 11) is 0. The maximum Gasteiger partial charge on any atom is 0.330 e. The Morgan fingerprint density at radius 1 is 1.36 bits per heavy atom. The zero-order chi connectivity index (χ0) is 10.1. The van der Waals surface area contributed by atoms with E-state index < -0.39 is 0 Å². The molecule has 0 fully saturated rings. The quantitative estimate of drug-likeness (QED) is 0.709. The Morgan fingerprint density at radius 3 is 2.64 bits per heavy atom. The van der Waals surface area contributed by atoms with Gasteiger partial charge >= 0.3 is 5.69 Å². The van der Waals surface area contributed by atoms with Gasteiger partial charge in [-0.25, -0.2) is 4.79 Å². The first-order chi connectivity index (χ1) is 6.70. The molecule has 14 heavy (non-hydrogen) atoms. The maximum atomic E-state index is 11.4. The minimum absolute atomic E-state index is 0.0947. The third-order valence-corrected chi connectivity index (χ3v) is 2.08. The number of hydrogen-bond acceptors (Lipinski definition) is 2. The second kappa shape index (κ2) is 3.06. The lowest BCUT2D eigenvalue weighted by Crippen LogP contribution is -2.15. The molecule has 0 saturated carbocycles. The maximum absolute atomic E-state index is 11.4. The number of rotatable bonds is 1. The Balaban J connectivity index is 2.72. The predicted octanol–water partition coefficient (Wildman–Crippen LogP) is 1.18. The molecular weight excluding hydrogens is 180 g/mol. The van der Waals surface area contributed by atoms with E-state index >= 15 is 0 Å². The first-order valence-electron chi connectivity index (χ1n) is 4.25. The first kappa shape index (κ1) is 8.62. The van der Waals surface area contributed by atoms with Crippen molar-refractivity contribution < 1.29 is 5.11 Å². The van der Waals surface area contributed by atoms with Crippen molar-refractivity contribution in [2.45, 2.75) is 6.92 Å². The number of aromatic hydroxyl groups is 1. The van der Waals surface area contributed by atoms with E-state index in [1.165, 1.54) is 4.57 Å². The van der Waals surface area contributed by atoms with Crippen molar-refractivity contribution in [1.29, 1.82) is 0 Å². The summed E-state index contributed by atoms with van der Waals surface area (Å²) in [6.07, 6.45) is 1.61. The van der Waals surface area contributed by atoms with Crippen molar-refractivity contribution in [3.8, 4) is 11.4 Å². The van der Waals surface area contributed by atoms with Crippen molar-refractivity contribution >= 4 is 0 Å². The van der Waals surface area contributed by atoms with Crippen LogP contribution in [0.3, 0.4) is 0 Å². The van der Waals surface area contributed by atoms with Gasteiger partial charge in [0.2, 0.25) is 0 Å². The summed E-state index contributed by atoms with van der Waals surface area (Å²) in [6, 6.07) is 6.73. The number of H-pyrrole nitrogens is 1. The van der Waals surface area contributed by atoms with Gasteiger partial charge in [0.15, 0.2) is 0 Å². The molecule has 0 amide bonds. The van der Waals surface area contributed by atoms with Gasteiger partial charge in [-0.15, -0.1) is 0 Å². The fourth-order valence-electron chi connectivity index (χ4n) is 1.41. The van der Waals surface area contributed by atoms with E-state index in [2.05, 4.69) is 4.98 Å². The monoisotopic (exact) mass is 190 g/mol. The lowest BCUT2D eigenvalue weighted by atomic mass is 10.3. The van der Waals surface area contributed by atoms with Gasteiger partial charge in [0.1, 0.15) is 5.75 Å². The number of benzene rings is 1. The number of phenolic OH excluding ortho intramolecular Hbond substituents is 1. The first-order valence-corrected chi connectivity index (χ1v) is 4.25. The van der Waals surface area contributed by atoms with Gasteiger partial charge in [-0.1, -0.05) is 12.1 Å². The van der Waals surface area contributed by atoms with E-state index in [0.717, 1.165) is 5.69 Å². The molecule has 1 aromatic heterocycles. The molecule has 0 aliphatic rings. The van der Waals surface area contributed by atoms with Crippen LogP contribution in [-0.4, -0.2) is 14.7 Å². The van der Waals surface area contributed by atoms with Gasteiger partial charge in [0.25, 0.3) is 0 Å². The summed E-state index contributed by atoms with van der Waals surface area (Å²) in [5.74, 6) is 0.0947. The summed E-state index contributed by atoms with van der Waals surface area (Å²) in [5, 5.41) is 9.56. The number of aromatic nitrogens is 2. The number of aromatic amines is 1. The number of imidazole rings is 1. The van der Waals surface area contributed by atoms with E-state index in [9.17, 15) is 9.90 Å². The van der Waals surface area contributed by atoms with Crippen LogP contribution in [0.25, 0.3) is 5.69 Å². The molecule has 0 aliphatic heterocycles. The van der Waals surface area contributed by atoms with Crippen LogP contribution in [0.1, 0.15) is 5.69 Å². The van der Waals surface area contributed by atoms with Crippen LogP contribution in [0.4, 0.5) is 0 Å². The minimum atomic E-state index is -0.246. The molecule has 1 aromatic carbocycles. The Kier molecular flexibility index (Phi) is 1.89. The fourth-order valence-corrected chi connectivity index (χ4v) is 1.41. The molecular formula is C10H10N2O2. The number of nitrogens with one attached hydrogen (secondary N) is 1. The van der Waals surface area contributed by atoms with Gasteiger partial charge in [-0.2, -0.15) is 0 Å². The molecule has 2 rings (SSSR count). The molecule has 72 valence electrons. The van der Waals surface area contributed by atoms with E-state index in [0.29, 0.717) is 5.69 Å². The van der Waals surface area contributed by atoms with Gasteiger partial charge in [-0.3, -0.25) is 4.57 Å². The SMILES string of the molecule is Cc1c[nH]c(=O)n1-c1ccccc1O. The summed E-state index contributed by atoms with van der Waals surface area (Å²) in [5.41, 5.74) is 1.01. The molecule has 0 atom stereocenters. The van der Waals surface area contributed by atoms with Crippen LogP contribution in [0.15, 0.2) is 35.3 Å². The number of nitrogens with zero attached hydrogens (tertiary/aromatic N) is 1. The number of para-hydroxylation sites is 2. The Morgan fingerprint density at radius 2 is 2.07 bits per heavy atom. The van der Waals surface area contributed by atoms with Gasteiger partial charge in [-0.05, 0) is 19.1 Å². The van der Waals surface area contributed by atoms with Gasteiger partial charge in [0, 0.05) is 11.9 Å². The Hall–Kier alpha value is -1.97. The van der Waals surface area contributed by atoms with Crippen molar-refractivity contribution in [3.63, 3.8) is 0 Å². The van der Waals surface area contributed by atoms with E-state index in [-0.39, 0.29) is 11.4 Å². The highest BCUT2D eigenvalue weighted by Crippen LogP contribution is 2.19. The second-order valence-electron chi connectivity index (χ2n) is 3.06. The smallest absolute Gasteiger partial charge is 0.330 e. The Bertz CT molecular complexity index is 511.